The number of hydrogen-bond donors (Lipinski definition) is 0. The third-order valence-electron chi connectivity index (χ3n) is 4.23. The van der Waals surface area contributed by atoms with Gasteiger partial charge in [0.15, 0.2) is 0 Å². The number of para-hydroxylation sites is 1. The van der Waals surface area contributed by atoms with Gasteiger partial charge >= 0.3 is 0 Å². The molecule has 0 aromatic heterocycles. The van der Waals surface area contributed by atoms with Gasteiger partial charge in [-0.15, -0.1) is 0 Å². The van der Waals surface area contributed by atoms with Gasteiger partial charge < -0.3 is 4.74 Å². The third-order valence-corrected chi connectivity index (χ3v) is 4.53. The van der Waals surface area contributed by atoms with E-state index in [4.69, 9.17) is 16.3 Å². The van der Waals surface area contributed by atoms with Crippen LogP contribution < -0.4 is 9.75 Å². The van der Waals surface area contributed by atoms with Gasteiger partial charge in [-0.3, -0.25) is 4.79 Å². The van der Waals surface area contributed by atoms with Gasteiger partial charge in [0.25, 0.3) is 5.91 Å². The van der Waals surface area contributed by atoms with Crippen LogP contribution >= 0.6 is 11.6 Å². The molecule has 26 heavy (non-hydrogen) atoms. The molecule has 1 aliphatic rings. The monoisotopic (exact) mass is 368 g/mol. The molecule has 5 heteroatoms. The second-order valence-corrected chi connectivity index (χ2v) is 6.63. The van der Waals surface area contributed by atoms with Crippen molar-refractivity contribution in [1.82, 2.24) is 0 Å². The Kier molecular flexibility index (Phi) is 5.43. The summed E-state index contributed by atoms with van der Waals surface area (Å²) in [5, 5.41) is 6.33. The fourth-order valence-electron chi connectivity index (χ4n) is 2.60. The Morgan fingerprint density at radius 1 is 1.23 bits per heavy atom. The molecule has 0 radical (unpaired) electrons. The fraction of sp³-hybridized carbons (Fsp3) is 0.238. The summed E-state index contributed by atoms with van der Waals surface area (Å²) in [4.78, 5) is 12.7. The zero-order valence-electron chi connectivity index (χ0n) is 15.1. The molecular weight excluding hydrogens is 348 g/mol. The second-order valence-electron chi connectivity index (χ2n) is 6.22. The van der Waals surface area contributed by atoms with E-state index in [0.29, 0.717) is 22.1 Å². The van der Waals surface area contributed by atoms with Crippen molar-refractivity contribution in [1.29, 1.82) is 0 Å². The van der Waals surface area contributed by atoms with E-state index >= 15 is 0 Å². The molecule has 1 heterocycles. The fourth-order valence-corrected chi connectivity index (χ4v) is 2.83. The van der Waals surface area contributed by atoms with Crippen LogP contribution in [0.2, 0.25) is 5.02 Å². The average Bonchev–Trinajstić information content (AvgIpc) is 2.92. The molecule has 0 saturated heterocycles. The minimum atomic E-state index is -0.148. The molecule has 0 fully saturated rings. The molecule has 1 amide bonds. The van der Waals surface area contributed by atoms with Crippen molar-refractivity contribution in [3.8, 4) is 5.75 Å². The van der Waals surface area contributed by atoms with Gasteiger partial charge in [-0.2, -0.15) is 10.1 Å². The van der Waals surface area contributed by atoms with E-state index in [0.717, 1.165) is 17.7 Å². The number of halogens is 1. The molecule has 0 saturated carbocycles. The summed E-state index contributed by atoms with van der Waals surface area (Å²) in [5.74, 6) is 0.502. The molecule has 134 valence electrons. The van der Waals surface area contributed by atoms with E-state index in [-0.39, 0.29) is 12.0 Å². The summed E-state index contributed by atoms with van der Waals surface area (Å²) in [6, 6.07) is 14.9. The lowest BCUT2D eigenvalue weighted by molar-refractivity contribution is -0.114. The lowest BCUT2D eigenvalue weighted by atomic mass is 10.1. The lowest BCUT2D eigenvalue weighted by Crippen LogP contribution is -2.21. The first kappa shape index (κ1) is 18.2. The first-order chi connectivity index (χ1) is 12.5. The van der Waals surface area contributed by atoms with E-state index in [1.54, 1.807) is 6.07 Å². The van der Waals surface area contributed by atoms with Gasteiger partial charge in [0.05, 0.1) is 28.1 Å². The van der Waals surface area contributed by atoms with Crippen LogP contribution in [-0.2, 0) is 4.79 Å². The Hall–Kier alpha value is -2.59. The van der Waals surface area contributed by atoms with Crippen LogP contribution in [0.5, 0.6) is 5.75 Å². The molecule has 0 bridgehead atoms. The van der Waals surface area contributed by atoms with Crippen LogP contribution in [0.3, 0.4) is 0 Å². The normalized spacial score (nSPS) is 16.8. The molecule has 4 nitrogen and oxygen atoms in total. The summed E-state index contributed by atoms with van der Waals surface area (Å²) in [6.07, 6.45) is 2.81. The lowest BCUT2D eigenvalue weighted by Gasteiger charge is -2.14. The van der Waals surface area contributed by atoms with Gasteiger partial charge in [-0.1, -0.05) is 42.8 Å². The smallest absolute Gasteiger partial charge is 0.280 e. The maximum Gasteiger partial charge on any atom is 0.280 e. The minimum absolute atomic E-state index is 0.0990. The maximum absolute atomic E-state index is 12.7. The highest BCUT2D eigenvalue weighted by molar-refractivity contribution is 6.33. The molecule has 1 atom stereocenters. The van der Waals surface area contributed by atoms with E-state index in [2.05, 4.69) is 12.0 Å². The molecule has 0 unspecified atom stereocenters. The highest BCUT2D eigenvalue weighted by Crippen LogP contribution is 2.29. The van der Waals surface area contributed by atoms with Crippen LogP contribution in [0.25, 0.3) is 6.08 Å². The largest absolute Gasteiger partial charge is 0.489 e. The zero-order chi connectivity index (χ0) is 18.7. The number of amides is 1. The molecule has 2 aromatic rings. The van der Waals surface area contributed by atoms with Crippen molar-refractivity contribution < 1.29 is 9.53 Å². The van der Waals surface area contributed by atoms with Crippen LogP contribution in [0.4, 0.5) is 5.69 Å². The summed E-state index contributed by atoms with van der Waals surface area (Å²) < 4.78 is 5.78. The number of carbonyl (C=O) groups excluding carboxylic acids is 1. The van der Waals surface area contributed by atoms with E-state index in [1.165, 1.54) is 5.01 Å². The van der Waals surface area contributed by atoms with E-state index in [1.807, 2.05) is 62.4 Å². The topological polar surface area (TPSA) is 41.9 Å². The number of hydrogen-bond acceptors (Lipinski definition) is 3. The van der Waals surface area contributed by atoms with Crippen LogP contribution in [0.15, 0.2) is 59.2 Å². The number of nitrogens with zero attached hydrogens (tertiary/aromatic N) is 2. The van der Waals surface area contributed by atoms with Crippen LogP contribution in [0, 0.1) is 0 Å². The number of hydrazone groups is 1. The van der Waals surface area contributed by atoms with Crippen LogP contribution in [0.1, 0.15) is 32.8 Å². The van der Waals surface area contributed by atoms with Gasteiger partial charge in [0, 0.05) is 0 Å². The standard InChI is InChI=1S/C21H21ClN2O2/c1-4-14(2)26-20-11-10-16(13-19(20)22)12-18-15(3)23-24(21(18)25)17-8-6-5-7-9-17/h5-14H,4H2,1-3H3/b18-12-/t14-/m1/s1. The Morgan fingerprint density at radius 2 is 1.96 bits per heavy atom. The zero-order valence-corrected chi connectivity index (χ0v) is 15.8. The number of anilines is 1. The Balaban J connectivity index is 1.85. The number of ether oxygens (including phenoxy) is 1. The summed E-state index contributed by atoms with van der Waals surface area (Å²) in [5.41, 5.74) is 2.81. The van der Waals surface area contributed by atoms with Gasteiger partial charge in [-0.25, -0.2) is 0 Å². The van der Waals surface area contributed by atoms with Crippen molar-refractivity contribution in [3.05, 3.63) is 64.7 Å². The summed E-state index contributed by atoms with van der Waals surface area (Å²) in [6.45, 7) is 5.89. The molecule has 0 aliphatic carbocycles. The molecular formula is C21H21ClN2O2. The molecule has 0 spiro atoms. The Morgan fingerprint density at radius 3 is 2.62 bits per heavy atom. The Labute approximate surface area is 158 Å². The first-order valence-electron chi connectivity index (χ1n) is 8.62. The van der Waals surface area contributed by atoms with Crippen molar-refractivity contribution in [2.75, 3.05) is 5.01 Å². The first-order valence-corrected chi connectivity index (χ1v) is 9.00. The van der Waals surface area contributed by atoms with Crippen molar-refractivity contribution in [3.63, 3.8) is 0 Å². The minimum Gasteiger partial charge on any atom is -0.489 e. The number of carbonyl (C=O) groups is 1. The van der Waals surface area contributed by atoms with Gasteiger partial charge in [-0.05, 0) is 56.2 Å². The molecule has 0 N–H and O–H groups in total. The van der Waals surface area contributed by atoms with Crippen molar-refractivity contribution in [2.45, 2.75) is 33.3 Å². The third kappa shape index (κ3) is 3.81. The molecule has 2 aromatic carbocycles. The summed E-state index contributed by atoms with van der Waals surface area (Å²) >= 11 is 6.33. The average molecular weight is 369 g/mol. The summed E-state index contributed by atoms with van der Waals surface area (Å²) in [7, 11) is 0. The maximum atomic E-state index is 12.7. The van der Waals surface area contributed by atoms with E-state index in [9.17, 15) is 4.79 Å². The number of benzene rings is 2. The van der Waals surface area contributed by atoms with Crippen molar-refractivity contribution >= 4 is 35.0 Å². The highest BCUT2D eigenvalue weighted by Gasteiger charge is 2.28. The molecule has 3 rings (SSSR count). The highest BCUT2D eigenvalue weighted by atomic mass is 35.5. The Bertz CT molecular complexity index is 875. The van der Waals surface area contributed by atoms with E-state index < -0.39 is 0 Å². The van der Waals surface area contributed by atoms with Crippen LogP contribution in [-0.4, -0.2) is 17.7 Å². The SMILES string of the molecule is CC[C@@H](C)Oc1ccc(/C=C2\C(=O)N(c3ccccc3)N=C2C)cc1Cl. The molecule has 1 aliphatic heterocycles. The predicted octanol–water partition coefficient (Wildman–Crippen LogP) is 5.32. The van der Waals surface area contributed by atoms with Gasteiger partial charge in [0.1, 0.15) is 5.75 Å². The van der Waals surface area contributed by atoms with Gasteiger partial charge in [0.2, 0.25) is 0 Å². The predicted molar refractivity (Wildman–Crippen MR) is 107 cm³/mol. The number of rotatable bonds is 5. The quantitative estimate of drug-likeness (QED) is 0.670. The van der Waals surface area contributed by atoms with Crippen molar-refractivity contribution in [2.24, 2.45) is 5.10 Å². The second kappa shape index (κ2) is 7.75.